The summed E-state index contributed by atoms with van der Waals surface area (Å²) in [6, 6.07) is 34.6. The van der Waals surface area contributed by atoms with Crippen LogP contribution < -0.4 is 0 Å². The van der Waals surface area contributed by atoms with Gasteiger partial charge in [0.05, 0.1) is 16.7 Å². The van der Waals surface area contributed by atoms with Gasteiger partial charge in [-0.15, -0.1) is 10.2 Å². The second-order valence-electron chi connectivity index (χ2n) is 13.6. The third kappa shape index (κ3) is 8.44. The molecule has 59 heavy (non-hydrogen) atoms. The number of aryl methyl sites for hydroxylation is 2. The molecule has 1 aliphatic heterocycles. The van der Waals surface area contributed by atoms with Gasteiger partial charge in [-0.05, 0) is 103 Å². The molecule has 296 valence electrons. The van der Waals surface area contributed by atoms with Crippen LogP contribution in [-0.2, 0) is 25.5 Å². The van der Waals surface area contributed by atoms with Crippen molar-refractivity contribution >= 4 is 30.1 Å². The van der Waals surface area contributed by atoms with Gasteiger partial charge in [-0.1, -0.05) is 60.7 Å². The number of hydrogen-bond acceptors (Lipinski definition) is 13. The van der Waals surface area contributed by atoms with Crippen LogP contribution >= 0.6 is 12.2 Å². The monoisotopic (exact) mass is 808 g/mol. The molecule has 4 heterocycles. The highest BCUT2D eigenvalue weighted by Gasteiger charge is 2.52. The molecular weight excluding hydrogens is 773 g/mol. The highest BCUT2D eigenvalue weighted by atomic mass is 32.1. The minimum Gasteiger partial charge on any atom is -0.459 e. The van der Waals surface area contributed by atoms with E-state index >= 15 is 0 Å². The van der Waals surface area contributed by atoms with Gasteiger partial charge < -0.3 is 18.9 Å². The van der Waals surface area contributed by atoms with Crippen LogP contribution in [0.4, 0.5) is 0 Å². The number of rotatable bonds is 12. The minimum atomic E-state index is -1.35. The van der Waals surface area contributed by atoms with Crippen molar-refractivity contribution in [2.24, 2.45) is 0 Å². The number of nitrogens with zero attached hydrogens (tertiary/aromatic N) is 8. The van der Waals surface area contributed by atoms with Crippen molar-refractivity contribution in [1.82, 2.24) is 39.5 Å². The maximum atomic E-state index is 13.8. The van der Waals surface area contributed by atoms with Crippen molar-refractivity contribution in [2.75, 3.05) is 6.61 Å². The molecular formula is C43H36N8O7S. The first-order valence-electron chi connectivity index (χ1n) is 18.6. The third-order valence-corrected chi connectivity index (χ3v) is 10.1. The SMILES string of the molecule is Cc1ccc(-n2c(Cn3nnc(-c4cccnc4)n3)nn(C3OC(COC(=O)c4ccccc4)C(OC(=O)c4ccccc4)C3OC(=O)c3ccccc3)c2=S)cc1C. The summed E-state index contributed by atoms with van der Waals surface area (Å²) < 4.78 is 28.0. The number of aromatic nitrogens is 8. The van der Waals surface area contributed by atoms with Gasteiger partial charge in [0, 0.05) is 23.6 Å². The lowest BCUT2D eigenvalue weighted by Crippen LogP contribution is -2.41. The molecule has 3 aromatic heterocycles. The number of carbonyl (C=O) groups excluding carboxylic acids is 3. The van der Waals surface area contributed by atoms with Gasteiger partial charge >= 0.3 is 17.9 Å². The summed E-state index contributed by atoms with van der Waals surface area (Å²) in [5.74, 6) is -1.33. The molecule has 0 bridgehead atoms. The molecule has 0 amide bonds. The van der Waals surface area contributed by atoms with E-state index < -0.39 is 42.4 Å². The van der Waals surface area contributed by atoms with Crippen LogP contribution in [0.15, 0.2) is 134 Å². The fraction of sp³-hybridized carbons (Fsp3) is 0.186. The maximum Gasteiger partial charge on any atom is 0.338 e. The molecule has 1 saturated heterocycles. The van der Waals surface area contributed by atoms with E-state index in [1.165, 1.54) is 9.48 Å². The van der Waals surface area contributed by atoms with Gasteiger partial charge in [0.25, 0.3) is 0 Å². The van der Waals surface area contributed by atoms with E-state index in [-0.39, 0.29) is 29.0 Å². The second-order valence-corrected chi connectivity index (χ2v) is 14.0. The zero-order chi connectivity index (χ0) is 40.9. The molecule has 0 spiro atoms. The summed E-state index contributed by atoms with van der Waals surface area (Å²) in [7, 11) is 0. The zero-order valence-electron chi connectivity index (χ0n) is 31.8. The molecule has 4 unspecified atom stereocenters. The first-order chi connectivity index (χ1) is 28.7. The van der Waals surface area contributed by atoms with E-state index in [9.17, 15) is 14.4 Å². The number of carbonyl (C=O) groups is 3. The van der Waals surface area contributed by atoms with Crippen LogP contribution in [0.25, 0.3) is 17.1 Å². The Morgan fingerprint density at radius 3 is 1.97 bits per heavy atom. The first kappa shape index (κ1) is 38.7. The zero-order valence-corrected chi connectivity index (χ0v) is 32.6. The van der Waals surface area contributed by atoms with Crippen molar-refractivity contribution < 1.29 is 33.3 Å². The smallest absolute Gasteiger partial charge is 0.338 e. The maximum absolute atomic E-state index is 13.8. The van der Waals surface area contributed by atoms with Gasteiger partial charge in [-0.2, -0.15) is 9.90 Å². The Morgan fingerprint density at radius 1 is 0.729 bits per heavy atom. The van der Waals surface area contributed by atoms with E-state index in [1.807, 2.05) is 38.1 Å². The molecule has 16 heteroatoms. The highest BCUT2D eigenvalue weighted by Crippen LogP contribution is 2.36. The number of hydrogen-bond donors (Lipinski definition) is 0. The summed E-state index contributed by atoms with van der Waals surface area (Å²) in [5, 5.41) is 18.0. The molecule has 15 nitrogen and oxygen atoms in total. The van der Waals surface area contributed by atoms with Crippen LogP contribution in [0.1, 0.15) is 54.3 Å². The topological polar surface area (TPSA) is 167 Å². The van der Waals surface area contributed by atoms with Crippen molar-refractivity contribution in [3.05, 3.63) is 172 Å². The Labute approximate surface area is 342 Å². The van der Waals surface area contributed by atoms with Crippen LogP contribution in [0.5, 0.6) is 0 Å². The molecule has 0 radical (unpaired) electrons. The van der Waals surface area contributed by atoms with Crippen molar-refractivity contribution in [1.29, 1.82) is 0 Å². The largest absolute Gasteiger partial charge is 0.459 e. The van der Waals surface area contributed by atoms with E-state index in [0.29, 0.717) is 28.5 Å². The van der Waals surface area contributed by atoms with E-state index in [2.05, 4.69) is 20.4 Å². The molecule has 4 atom stereocenters. The standard InChI is InChI=1S/C43H36N8O7S/c1-27-20-21-33(23-28(27)2)50-35(25-49-47-38(45-48-49)32-19-12-22-44-24-32)46-51(43(50)59)39-37(58-42(54)31-17-10-5-11-18-31)36(57-41(53)30-15-8-4-9-16-30)34(56-39)26-55-40(52)29-13-6-3-7-14-29/h3-24,34,36-37,39H,25-26H2,1-2H3. The fourth-order valence-electron chi connectivity index (χ4n) is 6.52. The summed E-state index contributed by atoms with van der Waals surface area (Å²) in [5.41, 5.74) is 4.21. The molecule has 0 aliphatic carbocycles. The lowest BCUT2D eigenvalue weighted by atomic mass is 10.1. The molecule has 0 N–H and O–H groups in total. The van der Waals surface area contributed by atoms with Crippen molar-refractivity contribution in [3.8, 4) is 17.1 Å². The minimum absolute atomic E-state index is 0.00253. The van der Waals surface area contributed by atoms with Crippen molar-refractivity contribution in [2.45, 2.75) is 44.9 Å². The third-order valence-electron chi connectivity index (χ3n) is 9.69. The molecule has 0 saturated carbocycles. The lowest BCUT2D eigenvalue weighted by molar-refractivity contribution is -0.0680. The second kappa shape index (κ2) is 17.1. The van der Waals surface area contributed by atoms with Gasteiger partial charge in [0.2, 0.25) is 10.6 Å². The number of esters is 3. The number of pyridine rings is 1. The molecule has 1 aliphatic rings. The lowest BCUT2D eigenvalue weighted by Gasteiger charge is -2.24. The Hall–Kier alpha value is -7.17. The van der Waals surface area contributed by atoms with Crippen LogP contribution in [0, 0.1) is 18.6 Å². The Bertz CT molecular complexity index is 2660. The Kier molecular flexibility index (Phi) is 11.2. The van der Waals surface area contributed by atoms with Gasteiger partial charge in [0.1, 0.15) is 19.3 Å². The summed E-state index contributed by atoms with van der Waals surface area (Å²) in [6.07, 6.45) is -1.80. The van der Waals surface area contributed by atoms with E-state index in [0.717, 1.165) is 11.1 Å². The van der Waals surface area contributed by atoms with Crippen molar-refractivity contribution in [3.63, 3.8) is 0 Å². The average molecular weight is 809 g/mol. The van der Waals surface area contributed by atoms with Crippen LogP contribution in [-0.4, -0.2) is 82.4 Å². The normalized spacial score (nSPS) is 17.3. The summed E-state index contributed by atoms with van der Waals surface area (Å²) in [6.45, 7) is 3.61. The van der Waals surface area contributed by atoms with Crippen LogP contribution in [0.3, 0.4) is 0 Å². The van der Waals surface area contributed by atoms with Crippen LogP contribution in [0.2, 0.25) is 0 Å². The number of ether oxygens (including phenoxy) is 4. The average Bonchev–Trinajstić information content (AvgIpc) is 3.97. The van der Waals surface area contributed by atoms with E-state index in [4.69, 9.17) is 36.3 Å². The van der Waals surface area contributed by atoms with Gasteiger partial charge in [-0.25, -0.2) is 19.1 Å². The molecule has 4 aromatic carbocycles. The summed E-state index contributed by atoms with van der Waals surface area (Å²) >= 11 is 6.15. The van der Waals surface area contributed by atoms with E-state index in [1.54, 1.807) is 114 Å². The molecule has 7 aromatic rings. The molecule has 8 rings (SSSR count). The quantitative estimate of drug-likeness (QED) is 0.0765. The number of tetrazole rings is 1. The van der Waals surface area contributed by atoms with Gasteiger partial charge in [-0.3, -0.25) is 9.55 Å². The highest BCUT2D eigenvalue weighted by molar-refractivity contribution is 7.71. The Balaban J connectivity index is 1.22. The Morgan fingerprint density at radius 2 is 1.36 bits per heavy atom. The number of benzene rings is 4. The predicted molar refractivity (Wildman–Crippen MR) is 214 cm³/mol. The first-order valence-corrected chi connectivity index (χ1v) is 19.0. The fourth-order valence-corrected chi connectivity index (χ4v) is 6.87. The summed E-state index contributed by atoms with van der Waals surface area (Å²) in [4.78, 5) is 46.3. The predicted octanol–water partition coefficient (Wildman–Crippen LogP) is 6.32. The van der Waals surface area contributed by atoms with Gasteiger partial charge in [0.15, 0.2) is 24.3 Å². The molecule has 1 fully saturated rings.